The van der Waals surface area contributed by atoms with Crippen LogP contribution in [0.3, 0.4) is 0 Å². The molecule has 0 bridgehead atoms. The van der Waals surface area contributed by atoms with Gasteiger partial charge in [0.15, 0.2) is 0 Å². The third-order valence-electron chi connectivity index (χ3n) is 4.60. The largest absolute Gasteiger partial charge is 0.496 e. The summed E-state index contributed by atoms with van der Waals surface area (Å²) in [6.45, 7) is 1.91. The third kappa shape index (κ3) is 3.57. The molecule has 2 aromatic heterocycles. The van der Waals surface area contributed by atoms with E-state index in [1.165, 1.54) is 22.7 Å². The molecule has 154 valence electrons. The highest BCUT2D eigenvalue weighted by atomic mass is 32.2. The molecule has 4 rings (SSSR count). The van der Waals surface area contributed by atoms with Gasteiger partial charge in [-0.15, -0.1) is 11.3 Å². The number of hydrogen-bond donors (Lipinski definition) is 0. The van der Waals surface area contributed by atoms with E-state index in [9.17, 15) is 8.42 Å². The molecule has 30 heavy (non-hydrogen) atoms. The third-order valence-corrected chi connectivity index (χ3v) is 7.46. The van der Waals surface area contributed by atoms with E-state index >= 15 is 0 Å². The normalized spacial score (nSPS) is 11.4. The number of anilines is 1. The van der Waals surface area contributed by atoms with Crippen molar-refractivity contribution in [3.63, 3.8) is 0 Å². The molecule has 4 aromatic rings. The molecule has 0 aliphatic heterocycles. The quantitative estimate of drug-likeness (QED) is 0.434. The zero-order valence-electron chi connectivity index (χ0n) is 16.6. The number of aromatic nitrogens is 2. The monoisotopic (exact) mass is 441 g/mol. The molecule has 0 N–H and O–H groups in total. The molecule has 2 aromatic carbocycles. The highest BCUT2D eigenvalue weighted by molar-refractivity contribution is 7.93. The van der Waals surface area contributed by atoms with Crippen LogP contribution in [0.25, 0.3) is 22.2 Å². The number of methoxy groups -OCH3 is 1. The predicted octanol–water partition coefficient (Wildman–Crippen LogP) is 4.61. The summed E-state index contributed by atoms with van der Waals surface area (Å²) in [6, 6.07) is 16.1. The lowest BCUT2D eigenvalue weighted by molar-refractivity contribution is 0.413. The minimum atomic E-state index is -3.82. The van der Waals surface area contributed by atoms with Crippen molar-refractivity contribution in [1.29, 1.82) is 0 Å². The fourth-order valence-corrected chi connectivity index (χ4v) is 5.52. The molecule has 0 aliphatic carbocycles. The van der Waals surface area contributed by atoms with Crippen LogP contribution in [0.2, 0.25) is 0 Å². The van der Waals surface area contributed by atoms with Gasteiger partial charge in [-0.3, -0.25) is 4.31 Å². The molecule has 0 fully saturated rings. The fourth-order valence-electron chi connectivity index (χ4n) is 3.02. The molecule has 9 heteroatoms. The maximum atomic E-state index is 13.3. The lowest BCUT2D eigenvalue weighted by Crippen LogP contribution is -2.26. The summed E-state index contributed by atoms with van der Waals surface area (Å²) in [7, 11) is -0.733. The highest BCUT2D eigenvalue weighted by Gasteiger charge is 2.29. The van der Waals surface area contributed by atoms with Crippen LogP contribution in [-0.4, -0.2) is 32.7 Å². The van der Waals surface area contributed by atoms with Gasteiger partial charge < -0.3 is 9.26 Å². The minimum absolute atomic E-state index is 0.117. The average Bonchev–Trinajstić information content (AvgIpc) is 3.43. The molecule has 0 aliphatic rings. The van der Waals surface area contributed by atoms with Crippen LogP contribution < -0.4 is 9.04 Å². The number of hydrogen-bond acceptors (Lipinski definition) is 7. The number of thiophene rings is 1. The first kappa shape index (κ1) is 20.1. The van der Waals surface area contributed by atoms with Crippen LogP contribution in [0.1, 0.15) is 5.56 Å². The minimum Gasteiger partial charge on any atom is -0.496 e. The van der Waals surface area contributed by atoms with E-state index < -0.39 is 10.0 Å². The van der Waals surface area contributed by atoms with Gasteiger partial charge in [-0.05, 0) is 48.2 Å². The Morgan fingerprint density at radius 2 is 1.90 bits per heavy atom. The van der Waals surface area contributed by atoms with E-state index in [1.807, 2.05) is 43.3 Å². The highest BCUT2D eigenvalue weighted by Crippen LogP contribution is 2.36. The van der Waals surface area contributed by atoms with Gasteiger partial charge in [-0.2, -0.15) is 4.98 Å². The van der Waals surface area contributed by atoms with Gasteiger partial charge in [0.05, 0.1) is 18.4 Å². The number of nitrogens with zero attached hydrogens (tertiary/aromatic N) is 3. The van der Waals surface area contributed by atoms with Crippen molar-refractivity contribution in [2.75, 3.05) is 18.5 Å². The van der Waals surface area contributed by atoms with Crippen LogP contribution in [-0.2, 0) is 10.0 Å². The van der Waals surface area contributed by atoms with Crippen LogP contribution >= 0.6 is 11.3 Å². The molecular weight excluding hydrogens is 422 g/mol. The van der Waals surface area contributed by atoms with Crippen LogP contribution in [0, 0.1) is 6.92 Å². The summed E-state index contributed by atoms with van der Waals surface area (Å²) < 4.78 is 38.6. The summed E-state index contributed by atoms with van der Waals surface area (Å²) in [4.78, 5) is 4.93. The Bertz CT molecular complexity index is 1290. The smallest absolute Gasteiger partial charge is 0.269 e. The van der Waals surface area contributed by atoms with Gasteiger partial charge in [-0.25, -0.2) is 8.42 Å². The zero-order chi connectivity index (χ0) is 21.3. The molecule has 0 spiro atoms. The van der Waals surface area contributed by atoms with Gasteiger partial charge >= 0.3 is 0 Å². The number of benzene rings is 2. The first-order valence-corrected chi connectivity index (χ1v) is 11.3. The lowest BCUT2D eigenvalue weighted by atomic mass is 10.2. The predicted molar refractivity (Wildman–Crippen MR) is 116 cm³/mol. The van der Waals surface area contributed by atoms with Gasteiger partial charge in [-0.1, -0.05) is 29.4 Å². The van der Waals surface area contributed by atoms with Gasteiger partial charge in [0.1, 0.15) is 15.5 Å². The Morgan fingerprint density at radius 3 is 2.67 bits per heavy atom. The summed E-state index contributed by atoms with van der Waals surface area (Å²) in [5.41, 5.74) is 2.21. The maximum absolute atomic E-state index is 13.3. The molecule has 0 unspecified atom stereocenters. The van der Waals surface area contributed by atoms with Crippen molar-refractivity contribution < 1.29 is 17.7 Å². The standard InChI is InChI=1S/C21H19N3O4S2/c1-14-7-6-8-15(13-14)24(2)30(25,26)18-11-12-29-19(18)21-22-20(23-28-21)16-9-4-5-10-17(16)27-3/h4-13H,1-3H3. The van der Waals surface area contributed by atoms with Crippen LogP contribution in [0.4, 0.5) is 5.69 Å². The van der Waals surface area contributed by atoms with E-state index in [0.717, 1.165) is 5.56 Å². The molecule has 0 radical (unpaired) electrons. The summed E-state index contributed by atoms with van der Waals surface area (Å²) in [5, 5.41) is 5.71. The van der Waals surface area contributed by atoms with E-state index in [-0.39, 0.29) is 10.8 Å². The zero-order valence-corrected chi connectivity index (χ0v) is 18.2. The van der Waals surface area contributed by atoms with E-state index in [2.05, 4.69) is 10.1 Å². The summed E-state index contributed by atoms with van der Waals surface area (Å²) in [5.74, 6) is 1.07. The number of aryl methyl sites for hydroxylation is 1. The number of rotatable bonds is 6. The fraction of sp³-hybridized carbons (Fsp3) is 0.143. The average molecular weight is 442 g/mol. The second-order valence-corrected chi connectivity index (χ2v) is 9.40. The summed E-state index contributed by atoms with van der Waals surface area (Å²) in [6.07, 6.45) is 0. The second kappa shape index (κ2) is 7.92. The van der Waals surface area contributed by atoms with Crippen molar-refractivity contribution in [2.24, 2.45) is 0 Å². The molecule has 0 atom stereocenters. The first-order chi connectivity index (χ1) is 14.4. The van der Waals surface area contributed by atoms with Gasteiger partial charge in [0.25, 0.3) is 15.9 Å². The molecule has 7 nitrogen and oxygen atoms in total. The number of para-hydroxylation sites is 1. The molecule has 0 saturated heterocycles. The Morgan fingerprint density at radius 1 is 1.10 bits per heavy atom. The maximum Gasteiger partial charge on any atom is 0.269 e. The summed E-state index contributed by atoms with van der Waals surface area (Å²) >= 11 is 1.23. The SMILES string of the molecule is COc1ccccc1-c1noc(-c2sccc2S(=O)(=O)N(C)c2cccc(C)c2)n1. The Kier molecular flexibility index (Phi) is 5.31. The van der Waals surface area contributed by atoms with Crippen LogP contribution in [0.15, 0.2) is 69.4 Å². The Balaban J connectivity index is 1.73. The van der Waals surface area contributed by atoms with Crippen molar-refractivity contribution in [2.45, 2.75) is 11.8 Å². The first-order valence-electron chi connectivity index (χ1n) is 9.02. The Labute approximate surface area is 178 Å². The van der Waals surface area contributed by atoms with E-state index in [4.69, 9.17) is 9.26 Å². The van der Waals surface area contributed by atoms with E-state index in [0.29, 0.717) is 27.7 Å². The van der Waals surface area contributed by atoms with Crippen molar-refractivity contribution >= 4 is 27.0 Å². The van der Waals surface area contributed by atoms with Crippen molar-refractivity contribution in [3.05, 3.63) is 65.5 Å². The molecule has 2 heterocycles. The number of sulfonamides is 1. The van der Waals surface area contributed by atoms with Crippen LogP contribution in [0.5, 0.6) is 5.75 Å². The van der Waals surface area contributed by atoms with Crippen molar-refractivity contribution in [1.82, 2.24) is 10.1 Å². The van der Waals surface area contributed by atoms with E-state index in [1.54, 1.807) is 30.7 Å². The Hall–Kier alpha value is -3.17. The molecule has 0 amide bonds. The van der Waals surface area contributed by atoms with Gasteiger partial charge in [0, 0.05) is 7.05 Å². The second-order valence-electron chi connectivity index (χ2n) is 6.55. The van der Waals surface area contributed by atoms with Gasteiger partial charge in [0.2, 0.25) is 5.82 Å². The number of ether oxygens (including phenoxy) is 1. The topological polar surface area (TPSA) is 85.5 Å². The lowest BCUT2D eigenvalue weighted by Gasteiger charge is -2.19. The van der Waals surface area contributed by atoms with Crippen molar-refractivity contribution in [3.8, 4) is 27.9 Å². The molecule has 0 saturated carbocycles. The molecular formula is C21H19N3O4S2.